The summed E-state index contributed by atoms with van der Waals surface area (Å²) >= 11 is 12.1. The molecule has 1 aromatic rings. The van der Waals surface area contributed by atoms with E-state index >= 15 is 0 Å². The highest BCUT2D eigenvalue weighted by molar-refractivity contribution is 7.89. The van der Waals surface area contributed by atoms with Gasteiger partial charge in [0.25, 0.3) is 0 Å². The molecular formula is C14H20Cl2N2O2S. The van der Waals surface area contributed by atoms with Crippen molar-refractivity contribution < 1.29 is 8.42 Å². The van der Waals surface area contributed by atoms with Crippen LogP contribution in [0.2, 0.25) is 10.0 Å². The summed E-state index contributed by atoms with van der Waals surface area (Å²) in [5.41, 5.74) is 6.16. The van der Waals surface area contributed by atoms with Crippen molar-refractivity contribution in [3.8, 4) is 0 Å². The predicted octanol–water partition coefficient (Wildman–Crippen LogP) is 3.26. The zero-order valence-electron chi connectivity index (χ0n) is 12.0. The Morgan fingerprint density at radius 2 is 1.86 bits per heavy atom. The molecule has 1 aromatic carbocycles. The summed E-state index contributed by atoms with van der Waals surface area (Å²) in [6.45, 7) is 0.699. The molecule has 0 atom stereocenters. The first-order valence-corrected chi connectivity index (χ1v) is 9.20. The monoisotopic (exact) mass is 350 g/mol. The molecule has 0 heterocycles. The van der Waals surface area contributed by atoms with Gasteiger partial charge in [-0.25, -0.2) is 12.7 Å². The van der Waals surface area contributed by atoms with E-state index in [1.54, 1.807) is 7.05 Å². The van der Waals surface area contributed by atoms with Crippen LogP contribution in [0.3, 0.4) is 0 Å². The van der Waals surface area contributed by atoms with Crippen molar-refractivity contribution >= 4 is 33.2 Å². The topological polar surface area (TPSA) is 63.4 Å². The molecule has 0 aliphatic heterocycles. The highest BCUT2D eigenvalue weighted by Crippen LogP contribution is 2.32. The second kappa shape index (κ2) is 6.84. The summed E-state index contributed by atoms with van der Waals surface area (Å²) in [6, 6.07) is 2.92. The van der Waals surface area contributed by atoms with Crippen LogP contribution in [0.5, 0.6) is 0 Å². The predicted molar refractivity (Wildman–Crippen MR) is 86.1 cm³/mol. The molecule has 1 aliphatic carbocycles. The molecule has 1 saturated carbocycles. The number of hydrogen-bond donors (Lipinski definition) is 1. The van der Waals surface area contributed by atoms with Gasteiger partial charge in [-0.3, -0.25) is 0 Å². The maximum absolute atomic E-state index is 12.7. The van der Waals surface area contributed by atoms with E-state index in [2.05, 4.69) is 0 Å². The summed E-state index contributed by atoms with van der Waals surface area (Å²) in [7, 11) is -2.02. The first-order chi connectivity index (χ1) is 9.86. The Hall–Kier alpha value is -0.330. The molecule has 7 heteroatoms. The zero-order chi connectivity index (χ0) is 15.6. The van der Waals surface area contributed by atoms with Gasteiger partial charge in [-0.2, -0.15) is 0 Å². The smallest absolute Gasteiger partial charge is 0.244 e. The van der Waals surface area contributed by atoms with Crippen LogP contribution in [0.25, 0.3) is 0 Å². The molecule has 0 bridgehead atoms. The second-order valence-electron chi connectivity index (χ2n) is 5.51. The average molecular weight is 351 g/mol. The molecule has 1 fully saturated rings. The van der Waals surface area contributed by atoms with Crippen molar-refractivity contribution in [2.24, 2.45) is 11.7 Å². The SMILES string of the molecule is CN(CC1CCCC1)S(=O)(=O)c1cc(CN)c(Cl)cc1Cl. The quantitative estimate of drug-likeness (QED) is 0.886. The van der Waals surface area contributed by atoms with Gasteiger partial charge in [0.2, 0.25) is 10.0 Å². The van der Waals surface area contributed by atoms with Gasteiger partial charge in [0.05, 0.1) is 5.02 Å². The fourth-order valence-electron chi connectivity index (χ4n) is 2.75. The highest BCUT2D eigenvalue weighted by Gasteiger charge is 2.28. The summed E-state index contributed by atoms with van der Waals surface area (Å²) < 4.78 is 26.7. The average Bonchev–Trinajstić information content (AvgIpc) is 2.91. The Morgan fingerprint density at radius 1 is 1.24 bits per heavy atom. The van der Waals surface area contributed by atoms with Crippen LogP contribution in [0.4, 0.5) is 0 Å². The minimum absolute atomic E-state index is 0.0783. The Balaban J connectivity index is 2.29. The van der Waals surface area contributed by atoms with E-state index < -0.39 is 10.0 Å². The van der Waals surface area contributed by atoms with E-state index in [9.17, 15) is 8.42 Å². The van der Waals surface area contributed by atoms with Crippen molar-refractivity contribution in [3.05, 3.63) is 27.7 Å². The van der Waals surface area contributed by atoms with Crippen LogP contribution < -0.4 is 5.73 Å². The van der Waals surface area contributed by atoms with E-state index in [1.165, 1.54) is 29.3 Å². The molecule has 2 rings (SSSR count). The van der Waals surface area contributed by atoms with Crippen molar-refractivity contribution in [1.29, 1.82) is 0 Å². The molecule has 0 unspecified atom stereocenters. The van der Waals surface area contributed by atoms with Crippen LogP contribution in [0.1, 0.15) is 31.2 Å². The molecule has 118 valence electrons. The number of rotatable bonds is 5. The van der Waals surface area contributed by atoms with Crippen LogP contribution >= 0.6 is 23.2 Å². The molecule has 0 aromatic heterocycles. The summed E-state index contributed by atoms with van der Waals surface area (Å²) in [6.07, 6.45) is 4.53. The molecule has 21 heavy (non-hydrogen) atoms. The molecule has 1 aliphatic rings. The van der Waals surface area contributed by atoms with E-state index in [0.29, 0.717) is 23.0 Å². The van der Waals surface area contributed by atoms with Gasteiger partial charge in [0.1, 0.15) is 4.90 Å². The molecule has 4 nitrogen and oxygen atoms in total. The minimum Gasteiger partial charge on any atom is -0.326 e. The van der Waals surface area contributed by atoms with Crippen LogP contribution in [-0.2, 0) is 16.6 Å². The molecule has 0 saturated heterocycles. The lowest BCUT2D eigenvalue weighted by atomic mass is 10.1. The summed E-state index contributed by atoms with van der Waals surface area (Å²) in [5, 5.41) is 0.523. The normalized spacial score (nSPS) is 16.8. The lowest BCUT2D eigenvalue weighted by Gasteiger charge is -2.22. The van der Waals surface area contributed by atoms with Gasteiger partial charge in [-0.05, 0) is 36.5 Å². The third-order valence-corrected chi connectivity index (χ3v) is 6.64. The van der Waals surface area contributed by atoms with Crippen LogP contribution in [0, 0.1) is 5.92 Å². The molecule has 0 amide bonds. The van der Waals surface area contributed by atoms with Gasteiger partial charge >= 0.3 is 0 Å². The molecule has 0 spiro atoms. The number of hydrogen-bond acceptors (Lipinski definition) is 3. The zero-order valence-corrected chi connectivity index (χ0v) is 14.3. The first-order valence-electron chi connectivity index (χ1n) is 7.00. The Kier molecular flexibility index (Phi) is 5.54. The maximum atomic E-state index is 12.7. The number of halogens is 2. The fourth-order valence-corrected chi connectivity index (χ4v) is 4.84. The van der Waals surface area contributed by atoms with Crippen molar-refractivity contribution in [3.63, 3.8) is 0 Å². The fraction of sp³-hybridized carbons (Fsp3) is 0.571. The summed E-state index contributed by atoms with van der Waals surface area (Å²) in [5.74, 6) is 0.435. The third-order valence-electron chi connectivity index (χ3n) is 4.00. The number of sulfonamides is 1. The third kappa shape index (κ3) is 3.71. The molecule has 2 N–H and O–H groups in total. The van der Waals surface area contributed by atoms with E-state index in [0.717, 1.165) is 12.8 Å². The minimum atomic E-state index is -3.62. The standard InChI is InChI=1S/C14H20Cl2N2O2S/c1-18(9-10-4-2-3-5-10)21(19,20)14-6-11(8-17)12(15)7-13(14)16/h6-7,10H,2-5,8-9,17H2,1H3. The number of benzene rings is 1. The van der Waals surface area contributed by atoms with Crippen LogP contribution in [0.15, 0.2) is 17.0 Å². The Bertz CT molecular complexity index is 614. The first kappa shape index (κ1) is 17.0. The largest absolute Gasteiger partial charge is 0.326 e. The van der Waals surface area contributed by atoms with Crippen molar-refractivity contribution in [2.45, 2.75) is 37.1 Å². The van der Waals surface area contributed by atoms with Crippen molar-refractivity contribution in [1.82, 2.24) is 4.31 Å². The van der Waals surface area contributed by atoms with Gasteiger partial charge < -0.3 is 5.73 Å². The van der Waals surface area contributed by atoms with Gasteiger partial charge in [0.15, 0.2) is 0 Å². The summed E-state index contributed by atoms with van der Waals surface area (Å²) in [4.78, 5) is 0.0783. The lowest BCUT2D eigenvalue weighted by molar-refractivity contribution is 0.387. The van der Waals surface area contributed by atoms with E-state index in [-0.39, 0.29) is 16.5 Å². The molecular weight excluding hydrogens is 331 g/mol. The molecule has 0 radical (unpaired) electrons. The van der Waals surface area contributed by atoms with Gasteiger partial charge in [-0.15, -0.1) is 0 Å². The second-order valence-corrected chi connectivity index (χ2v) is 8.34. The van der Waals surface area contributed by atoms with E-state index in [1.807, 2.05) is 0 Å². The number of nitrogens with zero attached hydrogens (tertiary/aromatic N) is 1. The highest BCUT2D eigenvalue weighted by atomic mass is 35.5. The van der Waals surface area contributed by atoms with Gasteiger partial charge in [-0.1, -0.05) is 36.0 Å². The Morgan fingerprint density at radius 3 is 2.43 bits per heavy atom. The Labute approximate surface area is 136 Å². The van der Waals surface area contributed by atoms with Gasteiger partial charge in [0, 0.05) is 25.2 Å². The number of nitrogens with two attached hydrogens (primary N) is 1. The van der Waals surface area contributed by atoms with Crippen LogP contribution in [-0.4, -0.2) is 26.3 Å². The van der Waals surface area contributed by atoms with E-state index in [4.69, 9.17) is 28.9 Å². The maximum Gasteiger partial charge on any atom is 0.244 e. The lowest BCUT2D eigenvalue weighted by Crippen LogP contribution is -2.31. The van der Waals surface area contributed by atoms with Crippen molar-refractivity contribution in [2.75, 3.05) is 13.6 Å².